The number of fused-ring (bicyclic) bond motifs is 2. The lowest BCUT2D eigenvalue weighted by Gasteiger charge is -2.14. The lowest BCUT2D eigenvalue weighted by atomic mass is 9.96. The maximum Gasteiger partial charge on any atom is 0.338 e. The van der Waals surface area contributed by atoms with E-state index in [-0.39, 0.29) is 12.1 Å². The van der Waals surface area contributed by atoms with Crippen molar-refractivity contribution in [1.82, 2.24) is 4.90 Å². The average Bonchev–Trinajstić information content (AvgIpc) is 2.83. The number of ether oxygens (including phenoxy) is 2. The van der Waals surface area contributed by atoms with Crippen molar-refractivity contribution in [3.8, 4) is 5.75 Å². The van der Waals surface area contributed by atoms with Gasteiger partial charge in [0.2, 0.25) is 0 Å². The third kappa shape index (κ3) is 5.02. The smallest absolute Gasteiger partial charge is 0.338 e. The molecule has 0 bridgehead atoms. The Bertz CT molecular complexity index is 868. The zero-order chi connectivity index (χ0) is 20.1. The molecule has 0 saturated carbocycles. The van der Waals surface area contributed by atoms with Crippen LogP contribution in [0.5, 0.6) is 5.75 Å². The molecule has 2 aromatic rings. The number of carbonyl (C=O) groups excluding carboxylic acids is 1. The van der Waals surface area contributed by atoms with Crippen molar-refractivity contribution in [2.75, 3.05) is 20.6 Å². The Morgan fingerprint density at radius 2 is 1.89 bits per heavy atom. The lowest BCUT2D eigenvalue weighted by molar-refractivity contribution is -0.140. The Morgan fingerprint density at radius 3 is 2.61 bits per heavy atom. The molecule has 0 atom stereocenters. The standard InChI is InChI=1S/C24H29NO3/c1-17(2)28-24(26)22(10-7-13-25(3)4)19-11-12-23-21(15-19)14-18-8-5-6-9-20(18)16-27-23/h5-6,8-12,15,17H,7,13-14,16H2,1-4H3. The molecule has 0 spiro atoms. The Balaban J connectivity index is 1.93. The van der Waals surface area contributed by atoms with Gasteiger partial charge in [0.25, 0.3) is 0 Å². The molecule has 2 aromatic carbocycles. The van der Waals surface area contributed by atoms with Crippen LogP contribution in [0.1, 0.15) is 42.5 Å². The van der Waals surface area contributed by atoms with Crippen LogP contribution < -0.4 is 4.74 Å². The van der Waals surface area contributed by atoms with Gasteiger partial charge in [-0.2, -0.15) is 0 Å². The highest BCUT2D eigenvalue weighted by Gasteiger charge is 2.19. The molecule has 1 aliphatic heterocycles. The van der Waals surface area contributed by atoms with Gasteiger partial charge in [-0.1, -0.05) is 36.4 Å². The molecule has 3 rings (SSSR count). The first kappa shape index (κ1) is 20.2. The summed E-state index contributed by atoms with van der Waals surface area (Å²) in [7, 11) is 4.05. The molecule has 0 unspecified atom stereocenters. The summed E-state index contributed by atoms with van der Waals surface area (Å²) in [4.78, 5) is 14.8. The van der Waals surface area contributed by atoms with Gasteiger partial charge in [-0.3, -0.25) is 0 Å². The summed E-state index contributed by atoms with van der Waals surface area (Å²) in [5.41, 5.74) is 5.07. The van der Waals surface area contributed by atoms with E-state index in [0.717, 1.165) is 36.3 Å². The molecule has 4 nitrogen and oxygen atoms in total. The van der Waals surface area contributed by atoms with E-state index in [1.807, 2.05) is 52.2 Å². The van der Waals surface area contributed by atoms with Gasteiger partial charge in [0, 0.05) is 13.0 Å². The summed E-state index contributed by atoms with van der Waals surface area (Å²) in [6, 6.07) is 14.3. The highest BCUT2D eigenvalue weighted by atomic mass is 16.5. The van der Waals surface area contributed by atoms with E-state index in [0.29, 0.717) is 12.2 Å². The van der Waals surface area contributed by atoms with Crippen molar-refractivity contribution < 1.29 is 14.3 Å². The van der Waals surface area contributed by atoms with Crippen molar-refractivity contribution in [3.63, 3.8) is 0 Å². The van der Waals surface area contributed by atoms with Gasteiger partial charge in [0.15, 0.2) is 0 Å². The van der Waals surface area contributed by atoms with E-state index < -0.39 is 0 Å². The van der Waals surface area contributed by atoms with E-state index in [1.54, 1.807) is 0 Å². The zero-order valence-corrected chi connectivity index (χ0v) is 17.2. The number of esters is 1. The maximum absolute atomic E-state index is 12.7. The van der Waals surface area contributed by atoms with Crippen LogP contribution in [0.4, 0.5) is 0 Å². The molecule has 0 amide bonds. The lowest BCUT2D eigenvalue weighted by Crippen LogP contribution is -2.15. The van der Waals surface area contributed by atoms with Gasteiger partial charge in [-0.15, -0.1) is 0 Å². The summed E-state index contributed by atoms with van der Waals surface area (Å²) in [5, 5.41) is 0. The molecule has 0 N–H and O–H groups in total. The Morgan fingerprint density at radius 1 is 1.14 bits per heavy atom. The van der Waals surface area contributed by atoms with Gasteiger partial charge < -0.3 is 14.4 Å². The molecular weight excluding hydrogens is 350 g/mol. The molecule has 0 fully saturated rings. The van der Waals surface area contributed by atoms with Crippen molar-refractivity contribution in [3.05, 3.63) is 70.8 Å². The van der Waals surface area contributed by atoms with Crippen molar-refractivity contribution in [2.24, 2.45) is 0 Å². The van der Waals surface area contributed by atoms with Crippen LogP contribution in [0.2, 0.25) is 0 Å². The number of hydrogen-bond donors (Lipinski definition) is 0. The first-order valence-corrected chi connectivity index (χ1v) is 9.83. The van der Waals surface area contributed by atoms with Crippen LogP contribution in [0.3, 0.4) is 0 Å². The fourth-order valence-electron chi connectivity index (χ4n) is 3.32. The Hall–Kier alpha value is -2.59. The topological polar surface area (TPSA) is 38.8 Å². The van der Waals surface area contributed by atoms with Gasteiger partial charge in [-0.25, -0.2) is 4.79 Å². The first-order valence-electron chi connectivity index (χ1n) is 9.83. The predicted molar refractivity (Wildman–Crippen MR) is 112 cm³/mol. The van der Waals surface area contributed by atoms with Gasteiger partial charge in [0.1, 0.15) is 12.4 Å². The van der Waals surface area contributed by atoms with Gasteiger partial charge in [0.05, 0.1) is 11.7 Å². The summed E-state index contributed by atoms with van der Waals surface area (Å²) >= 11 is 0. The van der Waals surface area contributed by atoms with Crippen molar-refractivity contribution >= 4 is 11.5 Å². The van der Waals surface area contributed by atoms with E-state index in [2.05, 4.69) is 29.2 Å². The highest BCUT2D eigenvalue weighted by molar-refractivity contribution is 6.16. The van der Waals surface area contributed by atoms with Crippen LogP contribution >= 0.6 is 0 Å². The molecule has 1 heterocycles. The van der Waals surface area contributed by atoms with E-state index in [4.69, 9.17) is 9.47 Å². The number of nitrogens with zero attached hydrogens (tertiary/aromatic N) is 1. The summed E-state index contributed by atoms with van der Waals surface area (Å²) < 4.78 is 11.5. The predicted octanol–water partition coefficient (Wildman–Crippen LogP) is 4.46. The summed E-state index contributed by atoms with van der Waals surface area (Å²) in [6.45, 7) is 5.19. The minimum Gasteiger partial charge on any atom is -0.489 e. The minimum absolute atomic E-state index is 0.152. The molecule has 1 aliphatic rings. The molecule has 0 aliphatic carbocycles. The van der Waals surface area contributed by atoms with Crippen LogP contribution in [-0.4, -0.2) is 37.6 Å². The third-order valence-electron chi connectivity index (χ3n) is 4.74. The average molecular weight is 380 g/mol. The van der Waals surface area contributed by atoms with E-state index >= 15 is 0 Å². The highest BCUT2D eigenvalue weighted by Crippen LogP contribution is 2.31. The van der Waals surface area contributed by atoms with Crippen LogP contribution in [0.25, 0.3) is 5.57 Å². The number of benzene rings is 2. The normalized spacial score (nSPS) is 13.6. The third-order valence-corrected chi connectivity index (χ3v) is 4.74. The maximum atomic E-state index is 12.7. The second-order valence-electron chi connectivity index (χ2n) is 7.72. The number of rotatable bonds is 6. The molecule has 148 valence electrons. The zero-order valence-electron chi connectivity index (χ0n) is 17.2. The largest absolute Gasteiger partial charge is 0.489 e. The second kappa shape index (κ2) is 9.07. The van der Waals surface area contributed by atoms with Gasteiger partial charge in [-0.05, 0) is 68.8 Å². The Labute approximate surface area is 167 Å². The molecule has 0 saturated heterocycles. The van der Waals surface area contributed by atoms with E-state index in [1.165, 1.54) is 11.1 Å². The molecular formula is C24H29NO3. The van der Waals surface area contributed by atoms with Crippen molar-refractivity contribution in [1.29, 1.82) is 0 Å². The monoisotopic (exact) mass is 379 g/mol. The number of carbonyl (C=O) groups is 1. The van der Waals surface area contributed by atoms with Gasteiger partial charge >= 0.3 is 5.97 Å². The molecule has 0 radical (unpaired) electrons. The van der Waals surface area contributed by atoms with E-state index in [9.17, 15) is 4.79 Å². The Kier molecular flexibility index (Phi) is 6.53. The minimum atomic E-state index is -0.274. The summed E-state index contributed by atoms with van der Waals surface area (Å²) in [6.07, 6.45) is 3.41. The van der Waals surface area contributed by atoms with Crippen LogP contribution in [0, 0.1) is 0 Å². The number of hydrogen-bond acceptors (Lipinski definition) is 4. The fraction of sp³-hybridized carbons (Fsp3) is 0.375. The molecule has 4 heteroatoms. The SMILES string of the molecule is CC(C)OC(=O)C(=CCCN(C)C)c1ccc2c(c1)Cc1ccccc1CO2. The fourth-order valence-corrected chi connectivity index (χ4v) is 3.32. The quantitative estimate of drug-likeness (QED) is 0.549. The molecule has 0 aromatic heterocycles. The molecule has 28 heavy (non-hydrogen) atoms. The first-order chi connectivity index (χ1) is 13.4. The summed E-state index contributed by atoms with van der Waals surface area (Å²) in [5.74, 6) is 0.605. The van der Waals surface area contributed by atoms with Crippen LogP contribution in [0.15, 0.2) is 48.5 Å². The van der Waals surface area contributed by atoms with Crippen molar-refractivity contribution in [2.45, 2.75) is 39.4 Å². The second-order valence-corrected chi connectivity index (χ2v) is 7.72. The van der Waals surface area contributed by atoms with Crippen LogP contribution in [-0.2, 0) is 22.6 Å².